The first-order valence-electron chi connectivity index (χ1n) is 6.89. The Bertz CT molecular complexity index is 894. The van der Waals surface area contributed by atoms with Gasteiger partial charge in [-0.1, -0.05) is 11.6 Å². The number of rotatable bonds is 3. The molecule has 0 saturated carbocycles. The van der Waals surface area contributed by atoms with Gasteiger partial charge in [0.15, 0.2) is 0 Å². The van der Waals surface area contributed by atoms with Crippen molar-refractivity contribution in [1.82, 2.24) is 14.8 Å². The Labute approximate surface area is 137 Å². The van der Waals surface area contributed by atoms with Crippen LogP contribution in [0.4, 0.5) is 0 Å². The second kappa shape index (κ2) is 5.55. The number of aromatic nitrogens is 3. The number of halogens is 1. The second-order valence-electron chi connectivity index (χ2n) is 5.22. The van der Waals surface area contributed by atoms with Gasteiger partial charge in [0.1, 0.15) is 5.69 Å². The van der Waals surface area contributed by atoms with Gasteiger partial charge in [0.05, 0.1) is 5.56 Å². The molecule has 0 bridgehead atoms. The van der Waals surface area contributed by atoms with E-state index in [1.165, 1.54) is 0 Å². The van der Waals surface area contributed by atoms with Gasteiger partial charge in [0.2, 0.25) is 5.89 Å². The molecule has 2 aromatic heterocycles. The summed E-state index contributed by atoms with van der Waals surface area (Å²) in [5.41, 5.74) is 2.84. The standard InChI is InChI=1S/C16H14ClN3O3/c1-8-12(16(21)22)9(2)20(3)13(8)15-19-18-14(23-15)10-4-6-11(17)7-5-10/h4-7H,1-3H3,(H,21,22). The third-order valence-corrected chi connectivity index (χ3v) is 4.12. The van der Waals surface area contributed by atoms with Crippen LogP contribution in [0, 0.1) is 13.8 Å². The molecule has 0 spiro atoms. The van der Waals surface area contributed by atoms with Gasteiger partial charge in [0.25, 0.3) is 5.89 Å². The van der Waals surface area contributed by atoms with Crippen molar-refractivity contribution in [3.63, 3.8) is 0 Å². The molecule has 0 aliphatic heterocycles. The molecule has 0 unspecified atom stereocenters. The van der Waals surface area contributed by atoms with Crippen LogP contribution in [0.25, 0.3) is 23.0 Å². The summed E-state index contributed by atoms with van der Waals surface area (Å²) >= 11 is 5.87. The molecule has 0 atom stereocenters. The Morgan fingerprint density at radius 3 is 2.35 bits per heavy atom. The van der Waals surface area contributed by atoms with Crippen LogP contribution >= 0.6 is 11.6 Å². The van der Waals surface area contributed by atoms with E-state index >= 15 is 0 Å². The van der Waals surface area contributed by atoms with Crippen molar-refractivity contribution in [3.8, 4) is 23.0 Å². The highest BCUT2D eigenvalue weighted by atomic mass is 35.5. The molecule has 7 heteroatoms. The minimum Gasteiger partial charge on any atom is -0.478 e. The molecule has 0 aliphatic rings. The molecule has 0 amide bonds. The summed E-state index contributed by atoms with van der Waals surface area (Å²) < 4.78 is 7.47. The number of carbonyl (C=O) groups is 1. The van der Waals surface area contributed by atoms with Gasteiger partial charge < -0.3 is 14.1 Å². The number of carboxylic acid groups (broad SMARTS) is 1. The number of hydrogen-bond donors (Lipinski definition) is 1. The van der Waals surface area contributed by atoms with E-state index in [0.717, 1.165) is 5.56 Å². The summed E-state index contributed by atoms with van der Waals surface area (Å²) in [5.74, 6) is -0.336. The fraction of sp³-hybridized carbons (Fsp3) is 0.188. The summed E-state index contributed by atoms with van der Waals surface area (Å²) in [5, 5.41) is 18.1. The van der Waals surface area contributed by atoms with Crippen LogP contribution in [0.2, 0.25) is 5.02 Å². The first-order valence-corrected chi connectivity index (χ1v) is 7.27. The van der Waals surface area contributed by atoms with Crippen LogP contribution in [0.5, 0.6) is 0 Å². The molecular formula is C16H14ClN3O3. The molecule has 2 heterocycles. The zero-order valence-electron chi connectivity index (χ0n) is 12.8. The Hall–Kier alpha value is -2.60. The van der Waals surface area contributed by atoms with Crippen LogP contribution < -0.4 is 0 Å². The fourth-order valence-corrected chi connectivity index (χ4v) is 2.75. The molecule has 3 aromatic rings. The van der Waals surface area contributed by atoms with E-state index in [4.69, 9.17) is 16.0 Å². The maximum Gasteiger partial charge on any atom is 0.337 e. The monoisotopic (exact) mass is 331 g/mol. The summed E-state index contributed by atoms with van der Waals surface area (Å²) in [6.07, 6.45) is 0. The van der Waals surface area contributed by atoms with Crippen LogP contribution in [-0.2, 0) is 7.05 Å². The van der Waals surface area contributed by atoms with Gasteiger partial charge >= 0.3 is 5.97 Å². The lowest BCUT2D eigenvalue weighted by molar-refractivity contribution is 0.0695. The molecule has 0 fully saturated rings. The number of nitrogens with zero attached hydrogens (tertiary/aromatic N) is 3. The summed E-state index contributed by atoms with van der Waals surface area (Å²) in [6, 6.07) is 7.04. The van der Waals surface area contributed by atoms with Crippen molar-refractivity contribution in [2.75, 3.05) is 0 Å². The largest absolute Gasteiger partial charge is 0.478 e. The highest BCUT2D eigenvalue weighted by molar-refractivity contribution is 6.30. The van der Waals surface area contributed by atoms with Crippen molar-refractivity contribution >= 4 is 17.6 Å². The highest BCUT2D eigenvalue weighted by Gasteiger charge is 2.24. The highest BCUT2D eigenvalue weighted by Crippen LogP contribution is 2.31. The Morgan fingerprint density at radius 1 is 1.17 bits per heavy atom. The quantitative estimate of drug-likeness (QED) is 0.791. The Balaban J connectivity index is 2.09. The van der Waals surface area contributed by atoms with Crippen molar-refractivity contribution in [2.45, 2.75) is 13.8 Å². The van der Waals surface area contributed by atoms with Gasteiger partial charge in [0, 0.05) is 23.3 Å². The average molecular weight is 332 g/mol. The predicted molar refractivity (Wildman–Crippen MR) is 85.6 cm³/mol. The summed E-state index contributed by atoms with van der Waals surface area (Å²) in [4.78, 5) is 11.4. The van der Waals surface area contributed by atoms with E-state index in [9.17, 15) is 9.90 Å². The van der Waals surface area contributed by atoms with Crippen molar-refractivity contribution < 1.29 is 14.3 Å². The smallest absolute Gasteiger partial charge is 0.337 e. The van der Waals surface area contributed by atoms with Gasteiger partial charge in [-0.05, 0) is 43.7 Å². The van der Waals surface area contributed by atoms with Crippen LogP contribution in [0.1, 0.15) is 21.6 Å². The number of benzene rings is 1. The van der Waals surface area contributed by atoms with Gasteiger partial charge in [-0.2, -0.15) is 0 Å². The maximum absolute atomic E-state index is 11.4. The second-order valence-corrected chi connectivity index (χ2v) is 5.65. The number of hydrogen-bond acceptors (Lipinski definition) is 4. The molecular weight excluding hydrogens is 318 g/mol. The van der Waals surface area contributed by atoms with E-state index in [2.05, 4.69) is 10.2 Å². The molecule has 1 aromatic carbocycles. The minimum atomic E-state index is -0.973. The average Bonchev–Trinajstić information content (AvgIpc) is 3.04. The lowest BCUT2D eigenvalue weighted by Gasteiger charge is -2.01. The van der Waals surface area contributed by atoms with Crippen molar-refractivity contribution in [2.24, 2.45) is 7.05 Å². The predicted octanol–water partition coefficient (Wildman–Crippen LogP) is 3.71. The van der Waals surface area contributed by atoms with E-state index in [0.29, 0.717) is 27.9 Å². The molecule has 23 heavy (non-hydrogen) atoms. The third kappa shape index (κ3) is 2.51. The molecule has 0 radical (unpaired) electrons. The summed E-state index contributed by atoms with van der Waals surface area (Å²) in [7, 11) is 1.77. The Kier molecular flexibility index (Phi) is 3.69. The van der Waals surface area contributed by atoms with E-state index in [1.807, 2.05) is 0 Å². The Morgan fingerprint density at radius 2 is 1.78 bits per heavy atom. The summed E-state index contributed by atoms with van der Waals surface area (Å²) in [6.45, 7) is 3.48. The van der Waals surface area contributed by atoms with E-state index in [1.54, 1.807) is 49.7 Å². The zero-order valence-corrected chi connectivity index (χ0v) is 13.5. The normalized spacial score (nSPS) is 11.0. The lowest BCUT2D eigenvalue weighted by atomic mass is 10.1. The van der Waals surface area contributed by atoms with Crippen molar-refractivity contribution in [3.05, 3.63) is 46.1 Å². The van der Waals surface area contributed by atoms with Crippen LogP contribution in [0.15, 0.2) is 28.7 Å². The minimum absolute atomic E-state index is 0.258. The zero-order chi connectivity index (χ0) is 16.7. The van der Waals surface area contributed by atoms with Gasteiger partial charge in [-0.25, -0.2) is 4.79 Å². The van der Waals surface area contributed by atoms with Crippen LogP contribution in [-0.4, -0.2) is 25.8 Å². The maximum atomic E-state index is 11.4. The van der Waals surface area contributed by atoms with Crippen molar-refractivity contribution in [1.29, 1.82) is 0 Å². The molecule has 0 saturated heterocycles. The molecule has 0 aliphatic carbocycles. The van der Waals surface area contributed by atoms with E-state index < -0.39 is 5.97 Å². The topological polar surface area (TPSA) is 81.1 Å². The fourth-order valence-electron chi connectivity index (χ4n) is 2.62. The molecule has 6 nitrogen and oxygen atoms in total. The number of carboxylic acids is 1. The van der Waals surface area contributed by atoms with Gasteiger partial charge in [-0.15, -0.1) is 10.2 Å². The lowest BCUT2D eigenvalue weighted by Crippen LogP contribution is -2.00. The molecule has 3 rings (SSSR count). The molecule has 1 N–H and O–H groups in total. The SMILES string of the molecule is Cc1c(C(=O)O)c(C)n(C)c1-c1nnc(-c2ccc(Cl)cc2)o1. The number of aromatic carboxylic acids is 1. The first kappa shape index (κ1) is 15.3. The van der Waals surface area contributed by atoms with Crippen LogP contribution in [0.3, 0.4) is 0 Å². The molecule has 118 valence electrons. The third-order valence-electron chi connectivity index (χ3n) is 3.86. The first-order chi connectivity index (χ1) is 10.9. The van der Waals surface area contributed by atoms with E-state index in [-0.39, 0.29) is 11.5 Å². The van der Waals surface area contributed by atoms with Gasteiger partial charge in [-0.3, -0.25) is 0 Å².